The predicted octanol–water partition coefficient (Wildman–Crippen LogP) is 2.93. The van der Waals surface area contributed by atoms with Crippen LogP contribution in [0.1, 0.15) is 60.3 Å². The Bertz CT molecular complexity index is 800. The number of ketones is 2. The van der Waals surface area contributed by atoms with Crippen LogP contribution in [0.5, 0.6) is 0 Å². The second-order valence-corrected chi connectivity index (χ2v) is 6.44. The Morgan fingerprint density at radius 3 is 1.43 bits per heavy atom. The highest BCUT2D eigenvalue weighted by molar-refractivity contribution is 6.47. The van der Waals surface area contributed by atoms with Gasteiger partial charge >= 0.3 is 11.9 Å². The van der Waals surface area contributed by atoms with E-state index in [1.54, 1.807) is 26.0 Å². The Kier molecular flexibility index (Phi) is 6.92. The lowest BCUT2D eigenvalue weighted by atomic mass is 10.1. The van der Waals surface area contributed by atoms with E-state index in [0.717, 1.165) is 0 Å². The van der Waals surface area contributed by atoms with Gasteiger partial charge in [0.25, 0.3) is 11.6 Å². The number of carbonyl (C=O) groups excluding carboxylic acids is 4. The summed E-state index contributed by atoms with van der Waals surface area (Å²) in [5.74, 6) is -1.94. The molecule has 2 rings (SSSR count). The molecule has 0 unspecified atom stereocenters. The van der Waals surface area contributed by atoms with Crippen molar-refractivity contribution < 1.29 is 37.5 Å². The standard InChI is InChI=1S/C20H22O8/c1-11(25-13(3)21)9-15-5-7-17(27-15)19(23)20(24)18-8-6-16(28-18)10-12(2)26-14(4)22/h5-8,11-12H,9-10H2,1-4H3/t11-,12-/m0/s1. The topological polar surface area (TPSA) is 113 Å². The molecular formula is C20H22O8. The van der Waals surface area contributed by atoms with Crippen molar-refractivity contribution >= 4 is 23.5 Å². The van der Waals surface area contributed by atoms with Crippen LogP contribution in [0.25, 0.3) is 0 Å². The van der Waals surface area contributed by atoms with E-state index in [1.165, 1.54) is 26.0 Å². The number of hydrogen-bond donors (Lipinski definition) is 0. The zero-order chi connectivity index (χ0) is 20.8. The maximum atomic E-state index is 12.3. The maximum Gasteiger partial charge on any atom is 0.302 e. The van der Waals surface area contributed by atoms with Crippen molar-refractivity contribution in [1.29, 1.82) is 0 Å². The zero-order valence-corrected chi connectivity index (χ0v) is 16.1. The van der Waals surface area contributed by atoms with E-state index in [4.69, 9.17) is 18.3 Å². The van der Waals surface area contributed by atoms with Gasteiger partial charge in [0, 0.05) is 26.7 Å². The molecule has 2 atom stereocenters. The molecule has 0 fully saturated rings. The Labute approximate surface area is 161 Å². The molecule has 0 spiro atoms. The molecule has 0 aliphatic heterocycles. The lowest BCUT2D eigenvalue weighted by Gasteiger charge is -2.09. The van der Waals surface area contributed by atoms with Crippen LogP contribution in [0.4, 0.5) is 0 Å². The van der Waals surface area contributed by atoms with Crippen molar-refractivity contribution in [3.05, 3.63) is 47.3 Å². The van der Waals surface area contributed by atoms with Gasteiger partial charge in [-0.2, -0.15) is 0 Å². The summed E-state index contributed by atoms with van der Waals surface area (Å²) < 4.78 is 20.8. The number of carbonyl (C=O) groups is 4. The second kappa shape index (κ2) is 9.16. The number of ether oxygens (including phenoxy) is 2. The lowest BCUT2D eigenvalue weighted by molar-refractivity contribution is -0.146. The SMILES string of the molecule is CC(=O)O[C@@H](C)Cc1ccc(C(=O)C(=O)c2ccc(C[C@H](C)OC(C)=O)o2)o1. The van der Waals surface area contributed by atoms with E-state index >= 15 is 0 Å². The summed E-state index contributed by atoms with van der Waals surface area (Å²) in [6, 6.07) is 5.88. The minimum atomic E-state index is -0.847. The first-order chi connectivity index (χ1) is 13.2. The number of furan rings is 2. The largest absolute Gasteiger partial charge is 0.462 e. The molecular weight excluding hydrogens is 368 g/mol. The van der Waals surface area contributed by atoms with Crippen molar-refractivity contribution in [3.63, 3.8) is 0 Å². The van der Waals surface area contributed by atoms with Gasteiger partial charge in [0.15, 0.2) is 11.5 Å². The molecule has 2 aromatic heterocycles. The number of rotatable bonds is 9. The molecule has 150 valence electrons. The van der Waals surface area contributed by atoms with Gasteiger partial charge in [0.2, 0.25) is 0 Å². The summed E-state index contributed by atoms with van der Waals surface area (Å²) in [5.41, 5.74) is 0. The third-order valence-electron chi connectivity index (χ3n) is 3.69. The lowest BCUT2D eigenvalue weighted by Crippen LogP contribution is -2.15. The molecule has 0 radical (unpaired) electrons. The maximum absolute atomic E-state index is 12.3. The summed E-state index contributed by atoms with van der Waals surface area (Å²) in [6.07, 6.45) is -0.289. The van der Waals surface area contributed by atoms with Crippen LogP contribution in [0.2, 0.25) is 0 Å². The van der Waals surface area contributed by atoms with E-state index in [1.807, 2.05) is 0 Å². The zero-order valence-electron chi connectivity index (χ0n) is 16.1. The molecule has 0 bridgehead atoms. The molecule has 2 aromatic rings. The highest BCUT2D eigenvalue weighted by atomic mass is 16.5. The summed E-state index contributed by atoms with van der Waals surface area (Å²) in [7, 11) is 0. The smallest absolute Gasteiger partial charge is 0.302 e. The summed E-state index contributed by atoms with van der Waals surface area (Å²) >= 11 is 0. The van der Waals surface area contributed by atoms with Gasteiger partial charge in [-0.3, -0.25) is 19.2 Å². The van der Waals surface area contributed by atoms with Crippen molar-refractivity contribution in [1.82, 2.24) is 0 Å². The molecule has 8 heteroatoms. The van der Waals surface area contributed by atoms with Crippen LogP contribution in [0.3, 0.4) is 0 Å². The first-order valence-corrected chi connectivity index (χ1v) is 8.76. The van der Waals surface area contributed by atoms with Crippen molar-refractivity contribution in [2.45, 2.75) is 52.7 Å². The van der Waals surface area contributed by atoms with Crippen molar-refractivity contribution in [2.75, 3.05) is 0 Å². The quantitative estimate of drug-likeness (QED) is 0.365. The first kappa shape index (κ1) is 21.1. The number of hydrogen-bond acceptors (Lipinski definition) is 8. The minimum absolute atomic E-state index is 0.124. The highest BCUT2D eigenvalue weighted by Gasteiger charge is 2.25. The molecule has 0 saturated carbocycles. The fourth-order valence-corrected chi connectivity index (χ4v) is 2.66. The van der Waals surface area contributed by atoms with E-state index in [0.29, 0.717) is 11.5 Å². The van der Waals surface area contributed by atoms with Crippen LogP contribution in [-0.4, -0.2) is 35.7 Å². The molecule has 0 aliphatic carbocycles. The fraction of sp³-hybridized carbons (Fsp3) is 0.400. The molecule has 0 amide bonds. The molecule has 28 heavy (non-hydrogen) atoms. The van der Waals surface area contributed by atoms with Crippen molar-refractivity contribution in [2.24, 2.45) is 0 Å². The Hall–Kier alpha value is -3.16. The molecule has 0 aromatic carbocycles. The Morgan fingerprint density at radius 1 is 0.750 bits per heavy atom. The van der Waals surface area contributed by atoms with Crippen molar-refractivity contribution in [3.8, 4) is 0 Å². The summed E-state index contributed by atoms with van der Waals surface area (Å²) in [6.45, 7) is 5.99. The van der Waals surface area contributed by atoms with Crippen LogP contribution in [-0.2, 0) is 31.9 Å². The Balaban J connectivity index is 2.00. The monoisotopic (exact) mass is 390 g/mol. The van der Waals surface area contributed by atoms with E-state index < -0.39 is 35.7 Å². The molecule has 0 aliphatic rings. The number of Topliss-reactive ketones (excluding diaryl/α,β-unsaturated/α-hetero) is 2. The minimum Gasteiger partial charge on any atom is -0.462 e. The van der Waals surface area contributed by atoms with Gasteiger partial charge in [-0.05, 0) is 38.1 Å². The van der Waals surface area contributed by atoms with E-state index in [2.05, 4.69) is 0 Å². The third kappa shape index (κ3) is 5.94. The predicted molar refractivity (Wildman–Crippen MR) is 95.9 cm³/mol. The fourth-order valence-electron chi connectivity index (χ4n) is 2.66. The third-order valence-corrected chi connectivity index (χ3v) is 3.69. The second-order valence-electron chi connectivity index (χ2n) is 6.44. The van der Waals surface area contributed by atoms with Crippen LogP contribution in [0.15, 0.2) is 33.1 Å². The molecule has 2 heterocycles. The average molecular weight is 390 g/mol. The van der Waals surface area contributed by atoms with Crippen LogP contribution < -0.4 is 0 Å². The van der Waals surface area contributed by atoms with Gasteiger partial charge in [0.05, 0.1) is 0 Å². The summed E-state index contributed by atoms with van der Waals surface area (Å²) in [4.78, 5) is 46.6. The normalized spacial score (nSPS) is 12.9. The summed E-state index contributed by atoms with van der Waals surface area (Å²) in [5, 5.41) is 0. The van der Waals surface area contributed by atoms with Gasteiger partial charge in [-0.25, -0.2) is 0 Å². The number of esters is 2. The molecule has 0 N–H and O–H groups in total. The van der Waals surface area contributed by atoms with Crippen LogP contribution >= 0.6 is 0 Å². The van der Waals surface area contributed by atoms with Gasteiger partial charge < -0.3 is 18.3 Å². The van der Waals surface area contributed by atoms with E-state index in [9.17, 15) is 19.2 Å². The van der Waals surface area contributed by atoms with Gasteiger partial charge in [-0.15, -0.1) is 0 Å². The van der Waals surface area contributed by atoms with Crippen LogP contribution in [0, 0.1) is 0 Å². The first-order valence-electron chi connectivity index (χ1n) is 8.76. The van der Waals surface area contributed by atoms with Gasteiger partial charge in [-0.1, -0.05) is 0 Å². The van der Waals surface area contributed by atoms with E-state index in [-0.39, 0.29) is 24.4 Å². The molecule has 0 saturated heterocycles. The average Bonchev–Trinajstić information content (AvgIpc) is 3.21. The van der Waals surface area contributed by atoms with Gasteiger partial charge in [0.1, 0.15) is 23.7 Å². The molecule has 8 nitrogen and oxygen atoms in total. The Morgan fingerprint density at radius 2 is 1.11 bits per heavy atom. The highest BCUT2D eigenvalue weighted by Crippen LogP contribution is 2.17.